The number of carbonyl (C=O) groups excluding carboxylic acids is 1. The van der Waals surface area contributed by atoms with Crippen molar-refractivity contribution in [3.05, 3.63) is 52.5 Å². The van der Waals surface area contributed by atoms with Gasteiger partial charge < -0.3 is 13.7 Å². The highest BCUT2D eigenvalue weighted by Gasteiger charge is 2.27. The highest BCUT2D eigenvalue weighted by Crippen LogP contribution is 2.38. The molecule has 1 unspecified atom stereocenters. The minimum Gasteiger partial charge on any atom is -0.489 e. The Balaban J connectivity index is 1.78. The minimum absolute atomic E-state index is 0.000365. The summed E-state index contributed by atoms with van der Waals surface area (Å²) in [5.74, 6) is 0.852. The first-order valence-corrected chi connectivity index (χ1v) is 10.0. The first-order chi connectivity index (χ1) is 12.2. The van der Waals surface area contributed by atoms with Gasteiger partial charge in [-0.15, -0.1) is 0 Å². The summed E-state index contributed by atoms with van der Waals surface area (Å²) in [6.07, 6.45) is 1.63. The third-order valence-corrected chi connectivity index (χ3v) is 5.61. The quantitative estimate of drug-likeness (QED) is 0.694. The Labute approximate surface area is 158 Å². The summed E-state index contributed by atoms with van der Waals surface area (Å²) < 4.78 is 35.9. The van der Waals surface area contributed by atoms with Crippen molar-refractivity contribution in [2.24, 2.45) is 0 Å². The van der Waals surface area contributed by atoms with E-state index >= 15 is 0 Å². The molecule has 0 saturated carbocycles. The van der Waals surface area contributed by atoms with Crippen LogP contribution in [0.15, 0.2) is 41.3 Å². The molecule has 1 aliphatic rings. The fourth-order valence-corrected chi connectivity index (χ4v) is 4.17. The average Bonchev–Trinajstić information content (AvgIpc) is 2.95. The van der Waals surface area contributed by atoms with Gasteiger partial charge in [-0.05, 0) is 50.1 Å². The van der Waals surface area contributed by atoms with Crippen LogP contribution in [0.1, 0.15) is 31.4 Å². The highest BCUT2D eigenvalue weighted by molar-refractivity contribution is 7.87. The summed E-state index contributed by atoms with van der Waals surface area (Å²) >= 11 is 6.16. The number of ketones is 1. The number of Topliss-reactive ketones (excluding diaryl/α,β-unsaturated/α-hetero) is 1. The van der Waals surface area contributed by atoms with Crippen LogP contribution in [0.5, 0.6) is 11.5 Å². The molecule has 0 radical (unpaired) electrons. The Hall–Kier alpha value is -2.05. The molecule has 0 aliphatic carbocycles. The molecule has 2 aromatic carbocycles. The molecule has 0 spiro atoms. The topological polar surface area (TPSA) is 69.7 Å². The standard InChI is InChI=1S/C19H19ClO5S/c1-12(21)3-4-14-5-7-16(8-6-14)25-26(22,23)17-10-15-9-13(2)24-19(15)18(20)11-17/h5-8,10-11,13H,3-4,9H2,1-2H3. The predicted molar refractivity (Wildman–Crippen MR) is 98.5 cm³/mol. The van der Waals surface area contributed by atoms with E-state index < -0.39 is 10.1 Å². The van der Waals surface area contributed by atoms with E-state index in [-0.39, 0.29) is 27.6 Å². The molecule has 7 heteroatoms. The third-order valence-electron chi connectivity index (χ3n) is 4.10. The molecule has 0 aromatic heterocycles. The molecule has 1 heterocycles. The summed E-state index contributed by atoms with van der Waals surface area (Å²) in [7, 11) is -4.01. The number of rotatable bonds is 6. The first-order valence-electron chi connectivity index (χ1n) is 8.26. The lowest BCUT2D eigenvalue weighted by molar-refractivity contribution is -0.116. The van der Waals surface area contributed by atoms with Crippen LogP contribution in [0.25, 0.3) is 0 Å². The van der Waals surface area contributed by atoms with Gasteiger partial charge in [0.25, 0.3) is 0 Å². The number of ether oxygens (including phenoxy) is 1. The Bertz CT molecular complexity index is 935. The van der Waals surface area contributed by atoms with Crippen LogP contribution in [-0.2, 0) is 27.8 Å². The SMILES string of the molecule is CC(=O)CCc1ccc(OS(=O)(=O)c2cc(Cl)c3c(c2)CC(C)O3)cc1. The minimum atomic E-state index is -4.01. The highest BCUT2D eigenvalue weighted by atomic mass is 35.5. The smallest absolute Gasteiger partial charge is 0.339 e. The van der Waals surface area contributed by atoms with Gasteiger partial charge in [0.1, 0.15) is 28.3 Å². The van der Waals surface area contributed by atoms with Crippen LogP contribution >= 0.6 is 11.6 Å². The normalized spacial score (nSPS) is 16.0. The van der Waals surface area contributed by atoms with Crippen LogP contribution in [0.4, 0.5) is 0 Å². The molecular weight excluding hydrogens is 376 g/mol. The molecule has 26 heavy (non-hydrogen) atoms. The van der Waals surface area contributed by atoms with Gasteiger partial charge in [-0.1, -0.05) is 23.7 Å². The van der Waals surface area contributed by atoms with Crippen LogP contribution in [0.2, 0.25) is 5.02 Å². The Kier molecular flexibility index (Phi) is 5.25. The zero-order valence-corrected chi connectivity index (χ0v) is 16.1. The van der Waals surface area contributed by atoms with Crippen LogP contribution < -0.4 is 8.92 Å². The number of fused-ring (bicyclic) bond motifs is 1. The number of halogens is 1. The van der Waals surface area contributed by atoms with Gasteiger partial charge in [0.05, 0.1) is 5.02 Å². The fourth-order valence-electron chi connectivity index (χ4n) is 2.81. The molecule has 1 aliphatic heterocycles. The van der Waals surface area contributed by atoms with Gasteiger partial charge in [0.15, 0.2) is 0 Å². The van der Waals surface area contributed by atoms with Crippen molar-refractivity contribution in [2.75, 3.05) is 0 Å². The summed E-state index contributed by atoms with van der Waals surface area (Å²) in [5.41, 5.74) is 1.70. The molecule has 5 nitrogen and oxygen atoms in total. The largest absolute Gasteiger partial charge is 0.489 e. The van der Waals surface area contributed by atoms with Crippen LogP contribution in [0, 0.1) is 0 Å². The number of benzene rings is 2. The average molecular weight is 395 g/mol. The summed E-state index contributed by atoms with van der Waals surface area (Å²) in [6.45, 7) is 3.44. The van der Waals surface area contributed by atoms with Crippen molar-refractivity contribution in [1.29, 1.82) is 0 Å². The lowest BCUT2D eigenvalue weighted by Crippen LogP contribution is -2.10. The molecule has 0 N–H and O–H groups in total. The summed E-state index contributed by atoms with van der Waals surface area (Å²) in [6, 6.07) is 9.54. The van der Waals surface area contributed by atoms with Crippen LogP contribution in [0.3, 0.4) is 0 Å². The number of hydrogen-bond donors (Lipinski definition) is 0. The number of carbonyl (C=O) groups is 1. The summed E-state index contributed by atoms with van der Waals surface area (Å²) in [5, 5.41) is 0.258. The van der Waals surface area contributed by atoms with Crippen molar-refractivity contribution in [1.82, 2.24) is 0 Å². The second-order valence-electron chi connectivity index (χ2n) is 6.41. The summed E-state index contributed by atoms with van der Waals surface area (Å²) in [4.78, 5) is 11.0. The molecule has 3 rings (SSSR count). The van der Waals surface area contributed by atoms with Crippen molar-refractivity contribution in [3.63, 3.8) is 0 Å². The Morgan fingerprint density at radius 3 is 2.62 bits per heavy atom. The maximum atomic E-state index is 12.6. The van der Waals surface area contributed by atoms with Gasteiger partial charge in [0, 0.05) is 18.4 Å². The lowest BCUT2D eigenvalue weighted by Gasteiger charge is -2.10. The molecular formula is C19H19ClO5S. The zero-order chi connectivity index (χ0) is 18.9. The maximum Gasteiger partial charge on any atom is 0.339 e. The second kappa shape index (κ2) is 7.29. The lowest BCUT2D eigenvalue weighted by atomic mass is 10.1. The first kappa shape index (κ1) is 18.7. The van der Waals surface area contributed by atoms with E-state index in [9.17, 15) is 13.2 Å². The van der Waals surface area contributed by atoms with E-state index in [4.69, 9.17) is 20.5 Å². The van der Waals surface area contributed by atoms with E-state index in [2.05, 4.69) is 0 Å². The molecule has 138 valence electrons. The van der Waals surface area contributed by atoms with E-state index in [0.29, 0.717) is 25.0 Å². The molecule has 0 bridgehead atoms. The van der Waals surface area contributed by atoms with Crippen LogP contribution in [-0.4, -0.2) is 20.3 Å². The third kappa shape index (κ3) is 4.19. The molecule has 0 amide bonds. The second-order valence-corrected chi connectivity index (χ2v) is 8.36. The van der Waals surface area contributed by atoms with Gasteiger partial charge in [0.2, 0.25) is 0 Å². The maximum absolute atomic E-state index is 12.6. The van der Waals surface area contributed by atoms with Crippen molar-refractivity contribution in [2.45, 2.75) is 44.1 Å². The van der Waals surface area contributed by atoms with Crippen molar-refractivity contribution >= 4 is 27.5 Å². The van der Waals surface area contributed by atoms with E-state index in [0.717, 1.165) is 11.1 Å². The molecule has 1 atom stereocenters. The van der Waals surface area contributed by atoms with E-state index in [1.165, 1.54) is 13.0 Å². The Morgan fingerprint density at radius 2 is 1.96 bits per heavy atom. The zero-order valence-electron chi connectivity index (χ0n) is 14.5. The Morgan fingerprint density at radius 1 is 1.27 bits per heavy atom. The monoisotopic (exact) mass is 394 g/mol. The van der Waals surface area contributed by atoms with Crippen molar-refractivity contribution < 1.29 is 22.1 Å². The molecule has 2 aromatic rings. The van der Waals surface area contributed by atoms with Gasteiger partial charge in [-0.3, -0.25) is 0 Å². The van der Waals surface area contributed by atoms with Gasteiger partial charge >= 0.3 is 10.1 Å². The molecule has 0 saturated heterocycles. The number of hydrogen-bond acceptors (Lipinski definition) is 5. The molecule has 0 fully saturated rings. The van der Waals surface area contributed by atoms with Crippen molar-refractivity contribution in [3.8, 4) is 11.5 Å². The van der Waals surface area contributed by atoms with Gasteiger partial charge in [-0.25, -0.2) is 0 Å². The fraction of sp³-hybridized carbons (Fsp3) is 0.316. The van der Waals surface area contributed by atoms with E-state index in [1.54, 1.807) is 30.3 Å². The predicted octanol–water partition coefficient (Wildman–Crippen LogP) is 3.95. The number of aryl methyl sites for hydroxylation is 1. The van der Waals surface area contributed by atoms with E-state index in [1.807, 2.05) is 6.92 Å². The van der Waals surface area contributed by atoms with Gasteiger partial charge in [-0.2, -0.15) is 8.42 Å².